The van der Waals surface area contributed by atoms with Crippen LogP contribution < -0.4 is 10.6 Å². The Hall–Kier alpha value is -0.420. The number of ether oxygens (including phenoxy) is 1. The minimum Gasteiger partial charge on any atom is -0.379 e. The van der Waals surface area contributed by atoms with E-state index >= 15 is 0 Å². The first-order chi connectivity index (χ1) is 8.81. The summed E-state index contributed by atoms with van der Waals surface area (Å²) in [5.41, 5.74) is 2.83. The lowest BCUT2D eigenvalue weighted by Crippen LogP contribution is -2.40. The Morgan fingerprint density at radius 2 is 2.28 bits per heavy atom. The molecule has 2 atom stereocenters. The Morgan fingerprint density at radius 1 is 1.39 bits per heavy atom. The Bertz CT molecular complexity index is 353. The maximum atomic E-state index is 5.58. The molecule has 102 valence electrons. The van der Waals surface area contributed by atoms with Crippen LogP contribution in [-0.4, -0.2) is 32.3 Å². The van der Waals surface area contributed by atoms with E-state index < -0.39 is 0 Å². The Kier molecular flexibility index (Phi) is 5.63. The molecule has 4 heteroatoms. The molecule has 2 rings (SSSR count). The molecule has 1 aromatic rings. The highest BCUT2D eigenvalue weighted by Gasteiger charge is 2.26. The molecule has 1 aromatic heterocycles. The standard InChI is InChI=1S/C14H24N2OS/c1-3-4-16-14-8-17-7-12(14)5-15-6-13-10-18-9-11(13)2/h9-10,12,14-16H,3-8H2,1-2H3. The number of hydrogen-bond acceptors (Lipinski definition) is 4. The maximum absolute atomic E-state index is 5.58. The third kappa shape index (κ3) is 3.79. The molecule has 1 fully saturated rings. The van der Waals surface area contributed by atoms with Crippen molar-refractivity contribution in [3.05, 3.63) is 21.9 Å². The number of rotatable bonds is 7. The van der Waals surface area contributed by atoms with Crippen LogP contribution in [0, 0.1) is 12.8 Å². The van der Waals surface area contributed by atoms with Gasteiger partial charge in [0.1, 0.15) is 0 Å². The number of aryl methyl sites for hydroxylation is 1. The van der Waals surface area contributed by atoms with Crippen molar-refractivity contribution in [2.45, 2.75) is 32.9 Å². The highest BCUT2D eigenvalue weighted by Crippen LogP contribution is 2.15. The van der Waals surface area contributed by atoms with Crippen LogP contribution in [0.1, 0.15) is 24.5 Å². The van der Waals surface area contributed by atoms with Crippen LogP contribution in [0.5, 0.6) is 0 Å². The van der Waals surface area contributed by atoms with E-state index in [2.05, 4.69) is 35.2 Å². The van der Waals surface area contributed by atoms with Crippen molar-refractivity contribution in [3.8, 4) is 0 Å². The summed E-state index contributed by atoms with van der Waals surface area (Å²) >= 11 is 1.78. The monoisotopic (exact) mass is 268 g/mol. The van der Waals surface area contributed by atoms with E-state index in [0.29, 0.717) is 12.0 Å². The van der Waals surface area contributed by atoms with Gasteiger partial charge in [-0.25, -0.2) is 0 Å². The minimum atomic E-state index is 0.529. The lowest BCUT2D eigenvalue weighted by molar-refractivity contribution is 0.182. The van der Waals surface area contributed by atoms with Crippen LogP contribution in [0.3, 0.4) is 0 Å². The molecule has 3 nitrogen and oxygen atoms in total. The van der Waals surface area contributed by atoms with Gasteiger partial charge in [-0.2, -0.15) is 11.3 Å². The summed E-state index contributed by atoms with van der Waals surface area (Å²) < 4.78 is 5.58. The van der Waals surface area contributed by atoms with E-state index in [-0.39, 0.29) is 0 Å². The predicted molar refractivity (Wildman–Crippen MR) is 77.2 cm³/mol. The molecule has 0 aliphatic carbocycles. The number of hydrogen-bond donors (Lipinski definition) is 2. The fraction of sp³-hybridized carbons (Fsp3) is 0.714. The molecular formula is C14H24N2OS. The van der Waals surface area contributed by atoms with Crippen molar-refractivity contribution >= 4 is 11.3 Å². The molecule has 0 amide bonds. The van der Waals surface area contributed by atoms with Crippen LogP contribution >= 0.6 is 11.3 Å². The number of thiophene rings is 1. The summed E-state index contributed by atoms with van der Waals surface area (Å²) in [6.07, 6.45) is 1.19. The topological polar surface area (TPSA) is 33.3 Å². The van der Waals surface area contributed by atoms with Gasteiger partial charge in [-0.05, 0) is 41.8 Å². The van der Waals surface area contributed by atoms with Gasteiger partial charge in [-0.15, -0.1) is 0 Å². The van der Waals surface area contributed by atoms with E-state index in [9.17, 15) is 0 Å². The third-order valence-corrected chi connectivity index (χ3v) is 4.45. The van der Waals surface area contributed by atoms with Crippen molar-refractivity contribution in [2.75, 3.05) is 26.3 Å². The zero-order chi connectivity index (χ0) is 12.8. The summed E-state index contributed by atoms with van der Waals surface area (Å²) in [7, 11) is 0. The second kappa shape index (κ2) is 7.24. The Labute approximate surface area is 114 Å². The van der Waals surface area contributed by atoms with Gasteiger partial charge < -0.3 is 15.4 Å². The van der Waals surface area contributed by atoms with Crippen molar-refractivity contribution < 1.29 is 4.74 Å². The quantitative estimate of drug-likeness (QED) is 0.795. The molecular weight excluding hydrogens is 244 g/mol. The fourth-order valence-electron chi connectivity index (χ4n) is 2.32. The molecule has 1 aliphatic heterocycles. The zero-order valence-corrected chi connectivity index (χ0v) is 12.2. The van der Waals surface area contributed by atoms with Crippen LogP contribution in [-0.2, 0) is 11.3 Å². The highest BCUT2D eigenvalue weighted by molar-refractivity contribution is 7.08. The molecule has 0 radical (unpaired) electrons. The molecule has 2 unspecified atom stereocenters. The molecule has 18 heavy (non-hydrogen) atoms. The van der Waals surface area contributed by atoms with Crippen molar-refractivity contribution in [3.63, 3.8) is 0 Å². The Balaban J connectivity index is 1.71. The van der Waals surface area contributed by atoms with E-state index in [1.807, 2.05) is 0 Å². The average Bonchev–Trinajstić information content (AvgIpc) is 2.97. The highest BCUT2D eigenvalue weighted by atomic mass is 32.1. The molecule has 0 bridgehead atoms. The lowest BCUT2D eigenvalue weighted by Gasteiger charge is -2.19. The van der Waals surface area contributed by atoms with Gasteiger partial charge in [-0.3, -0.25) is 0 Å². The molecule has 0 aromatic carbocycles. The first-order valence-electron chi connectivity index (χ1n) is 6.84. The molecule has 0 saturated carbocycles. The zero-order valence-electron chi connectivity index (χ0n) is 11.4. The third-order valence-electron chi connectivity index (χ3n) is 3.54. The van der Waals surface area contributed by atoms with E-state index in [1.165, 1.54) is 17.5 Å². The SMILES string of the molecule is CCCNC1COCC1CNCc1cscc1C. The van der Waals surface area contributed by atoms with Crippen LogP contribution in [0.25, 0.3) is 0 Å². The van der Waals surface area contributed by atoms with Gasteiger partial charge in [0.2, 0.25) is 0 Å². The summed E-state index contributed by atoms with van der Waals surface area (Å²) in [5.74, 6) is 0.607. The summed E-state index contributed by atoms with van der Waals surface area (Å²) in [4.78, 5) is 0. The molecule has 2 heterocycles. The molecule has 0 spiro atoms. The smallest absolute Gasteiger partial charge is 0.0623 e. The maximum Gasteiger partial charge on any atom is 0.0623 e. The van der Waals surface area contributed by atoms with E-state index in [0.717, 1.165) is 32.8 Å². The largest absolute Gasteiger partial charge is 0.379 e. The predicted octanol–water partition coefficient (Wildman–Crippen LogP) is 2.16. The normalized spacial score (nSPS) is 23.7. The molecule has 1 aliphatic rings. The average molecular weight is 268 g/mol. The van der Waals surface area contributed by atoms with Gasteiger partial charge >= 0.3 is 0 Å². The van der Waals surface area contributed by atoms with Crippen molar-refractivity contribution in [1.82, 2.24) is 10.6 Å². The Morgan fingerprint density at radius 3 is 3.00 bits per heavy atom. The first-order valence-corrected chi connectivity index (χ1v) is 7.79. The number of nitrogens with one attached hydrogen (secondary N) is 2. The van der Waals surface area contributed by atoms with Gasteiger partial charge in [0.25, 0.3) is 0 Å². The van der Waals surface area contributed by atoms with Gasteiger partial charge in [0.05, 0.1) is 13.2 Å². The minimum absolute atomic E-state index is 0.529. The summed E-state index contributed by atoms with van der Waals surface area (Å²) in [6, 6.07) is 0.529. The second-order valence-corrected chi connectivity index (χ2v) is 5.81. The fourth-order valence-corrected chi connectivity index (χ4v) is 3.17. The first kappa shape index (κ1) is 14.0. The lowest BCUT2D eigenvalue weighted by atomic mass is 10.0. The van der Waals surface area contributed by atoms with Crippen molar-refractivity contribution in [2.24, 2.45) is 5.92 Å². The summed E-state index contributed by atoms with van der Waals surface area (Å²) in [6.45, 7) is 9.24. The molecule has 1 saturated heterocycles. The van der Waals surface area contributed by atoms with Crippen LogP contribution in [0.2, 0.25) is 0 Å². The van der Waals surface area contributed by atoms with E-state index in [1.54, 1.807) is 11.3 Å². The van der Waals surface area contributed by atoms with Gasteiger partial charge in [0.15, 0.2) is 0 Å². The van der Waals surface area contributed by atoms with Crippen LogP contribution in [0.4, 0.5) is 0 Å². The van der Waals surface area contributed by atoms with Gasteiger partial charge in [0, 0.05) is 25.0 Å². The molecule has 2 N–H and O–H groups in total. The van der Waals surface area contributed by atoms with Gasteiger partial charge in [-0.1, -0.05) is 6.92 Å². The van der Waals surface area contributed by atoms with Crippen molar-refractivity contribution in [1.29, 1.82) is 0 Å². The van der Waals surface area contributed by atoms with E-state index in [4.69, 9.17) is 4.74 Å². The summed E-state index contributed by atoms with van der Waals surface area (Å²) in [5, 5.41) is 11.6. The van der Waals surface area contributed by atoms with Crippen LogP contribution in [0.15, 0.2) is 10.8 Å². The second-order valence-electron chi connectivity index (χ2n) is 5.07.